The number of nitrogens with zero attached hydrogens (tertiary/aromatic N) is 1. The summed E-state index contributed by atoms with van der Waals surface area (Å²) < 4.78 is 5.96. The van der Waals surface area contributed by atoms with Crippen LogP contribution in [0, 0.1) is 5.92 Å². The fraction of sp³-hybridized carbons (Fsp3) is 0.647. The Kier molecular flexibility index (Phi) is 5.94. The van der Waals surface area contributed by atoms with Crippen molar-refractivity contribution in [3.63, 3.8) is 0 Å². The van der Waals surface area contributed by atoms with Crippen molar-refractivity contribution < 1.29 is 9.84 Å². The van der Waals surface area contributed by atoms with Gasteiger partial charge >= 0.3 is 0 Å². The Morgan fingerprint density at radius 2 is 2.00 bits per heavy atom. The van der Waals surface area contributed by atoms with Gasteiger partial charge in [0.2, 0.25) is 0 Å². The summed E-state index contributed by atoms with van der Waals surface area (Å²) in [6.07, 6.45) is 5.32. The number of aromatic hydroxyl groups is 1. The molecule has 0 saturated heterocycles. The zero-order valence-electron chi connectivity index (χ0n) is 13.2. The van der Waals surface area contributed by atoms with Gasteiger partial charge in [-0.2, -0.15) is 0 Å². The summed E-state index contributed by atoms with van der Waals surface area (Å²) in [4.78, 5) is 2.59. The van der Waals surface area contributed by atoms with E-state index in [2.05, 4.69) is 34.7 Å². The maximum atomic E-state index is 9.93. The third-order valence-corrected chi connectivity index (χ3v) is 4.74. The van der Waals surface area contributed by atoms with Crippen LogP contribution in [0.5, 0.6) is 11.5 Å². The highest BCUT2D eigenvalue weighted by Gasteiger charge is 2.23. The van der Waals surface area contributed by atoms with Gasteiger partial charge in [0.1, 0.15) is 0 Å². The van der Waals surface area contributed by atoms with Crippen molar-refractivity contribution in [1.29, 1.82) is 0 Å². The van der Waals surface area contributed by atoms with Crippen molar-refractivity contribution >= 4 is 15.9 Å². The number of methoxy groups -OCH3 is 1. The first-order chi connectivity index (χ1) is 10.0. The van der Waals surface area contributed by atoms with E-state index in [1.165, 1.54) is 31.2 Å². The highest BCUT2D eigenvalue weighted by Crippen LogP contribution is 2.36. The topological polar surface area (TPSA) is 32.7 Å². The van der Waals surface area contributed by atoms with Crippen LogP contribution in [0.4, 0.5) is 0 Å². The van der Waals surface area contributed by atoms with Gasteiger partial charge < -0.3 is 9.84 Å². The van der Waals surface area contributed by atoms with E-state index in [4.69, 9.17) is 4.74 Å². The molecule has 3 nitrogen and oxygen atoms in total. The Morgan fingerprint density at radius 1 is 1.33 bits per heavy atom. The molecule has 1 aromatic rings. The SMILES string of the molecule is COc1cc(CN(CC(C)C)C2CCCC2)cc(Br)c1O. The van der Waals surface area contributed by atoms with Crippen molar-refractivity contribution in [2.75, 3.05) is 13.7 Å². The van der Waals surface area contributed by atoms with Gasteiger partial charge in [-0.25, -0.2) is 0 Å². The van der Waals surface area contributed by atoms with Crippen LogP contribution in [0.25, 0.3) is 0 Å². The lowest BCUT2D eigenvalue weighted by atomic mass is 10.1. The van der Waals surface area contributed by atoms with E-state index in [9.17, 15) is 5.11 Å². The summed E-state index contributed by atoms with van der Waals surface area (Å²) in [6, 6.07) is 4.65. The molecule has 1 N–H and O–H groups in total. The number of hydrogen-bond acceptors (Lipinski definition) is 3. The molecule has 2 rings (SSSR count). The van der Waals surface area contributed by atoms with E-state index >= 15 is 0 Å². The number of benzene rings is 1. The van der Waals surface area contributed by atoms with Crippen molar-refractivity contribution in [3.05, 3.63) is 22.2 Å². The number of phenols is 1. The van der Waals surface area contributed by atoms with Crippen molar-refractivity contribution in [2.45, 2.75) is 52.1 Å². The first kappa shape index (κ1) is 16.6. The summed E-state index contributed by atoms with van der Waals surface area (Å²) in [5, 5.41) is 9.93. The van der Waals surface area contributed by atoms with Gasteiger partial charge in [0, 0.05) is 19.1 Å². The second-order valence-corrected chi connectivity index (χ2v) is 7.24. The summed E-state index contributed by atoms with van der Waals surface area (Å²) in [5.74, 6) is 1.38. The molecule has 0 bridgehead atoms. The van der Waals surface area contributed by atoms with Gasteiger partial charge in [-0.15, -0.1) is 0 Å². The van der Waals surface area contributed by atoms with E-state index in [1.807, 2.05) is 12.1 Å². The van der Waals surface area contributed by atoms with E-state index in [1.54, 1.807) is 7.11 Å². The number of phenolic OH excluding ortho intramolecular Hbond substituents is 1. The predicted octanol–water partition coefficient (Wildman–Crippen LogP) is 4.56. The van der Waals surface area contributed by atoms with Gasteiger partial charge in [0.15, 0.2) is 11.5 Å². The van der Waals surface area contributed by atoms with Gasteiger partial charge in [0.25, 0.3) is 0 Å². The molecule has 0 aliphatic heterocycles. The first-order valence-corrected chi connectivity index (χ1v) is 8.60. The molecule has 21 heavy (non-hydrogen) atoms. The van der Waals surface area contributed by atoms with E-state index in [0.29, 0.717) is 22.2 Å². The Morgan fingerprint density at radius 3 is 2.57 bits per heavy atom. The lowest BCUT2D eigenvalue weighted by Crippen LogP contribution is -2.35. The van der Waals surface area contributed by atoms with Gasteiger partial charge in [-0.3, -0.25) is 4.90 Å². The predicted molar refractivity (Wildman–Crippen MR) is 89.9 cm³/mol. The molecule has 0 unspecified atom stereocenters. The van der Waals surface area contributed by atoms with Crippen LogP contribution in [-0.4, -0.2) is 29.7 Å². The average molecular weight is 356 g/mol. The number of rotatable bonds is 6. The van der Waals surface area contributed by atoms with E-state index in [-0.39, 0.29) is 5.75 Å². The number of halogens is 1. The minimum Gasteiger partial charge on any atom is -0.503 e. The normalized spacial score (nSPS) is 16.1. The standard InChI is InChI=1S/C17H26BrNO2/c1-12(2)10-19(14-6-4-5-7-14)11-13-8-15(18)17(20)16(9-13)21-3/h8-9,12,14,20H,4-7,10-11H2,1-3H3. The highest BCUT2D eigenvalue weighted by molar-refractivity contribution is 9.10. The number of hydrogen-bond donors (Lipinski definition) is 1. The smallest absolute Gasteiger partial charge is 0.172 e. The maximum Gasteiger partial charge on any atom is 0.172 e. The molecule has 118 valence electrons. The van der Waals surface area contributed by atoms with Crippen LogP contribution in [0.1, 0.15) is 45.1 Å². The monoisotopic (exact) mass is 355 g/mol. The highest BCUT2D eigenvalue weighted by atomic mass is 79.9. The molecule has 1 aliphatic rings. The quantitative estimate of drug-likeness (QED) is 0.811. The van der Waals surface area contributed by atoms with Crippen LogP contribution >= 0.6 is 15.9 Å². The summed E-state index contributed by atoms with van der Waals surface area (Å²) >= 11 is 3.41. The van der Waals surface area contributed by atoms with Crippen molar-refractivity contribution in [2.24, 2.45) is 5.92 Å². The Labute approximate surface area is 136 Å². The second kappa shape index (κ2) is 7.50. The zero-order chi connectivity index (χ0) is 15.4. The third-order valence-electron chi connectivity index (χ3n) is 4.13. The molecule has 0 aromatic heterocycles. The molecule has 1 aliphatic carbocycles. The molecule has 4 heteroatoms. The summed E-state index contributed by atoms with van der Waals surface area (Å²) in [6.45, 7) is 6.58. The Bertz CT molecular complexity index is 470. The molecule has 0 spiro atoms. The lowest BCUT2D eigenvalue weighted by molar-refractivity contribution is 0.168. The molecule has 1 saturated carbocycles. The van der Waals surface area contributed by atoms with Crippen molar-refractivity contribution in [1.82, 2.24) is 4.90 Å². The van der Waals surface area contributed by atoms with Gasteiger partial charge in [0.05, 0.1) is 11.6 Å². The lowest BCUT2D eigenvalue weighted by Gasteiger charge is -2.30. The molecule has 0 radical (unpaired) electrons. The molecule has 0 amide bonds. The first-order valence-electron chi connectivity index (χ1n) is 7.80. The fourth-order valence-corrected chi connectivity index (χ4v) is 3.68. The van der Waals surface area contributed by atoms with E-state index in [0.717, 1.165) is 13.1 Å². The fourth-order valence-electron chi connectivity index (χ4n) is 3.19. The third kappa shape index (κ3) is 4.36. The van der Waals surface area contributed by atoms with E-state index < -0.39 is 0 Å². The summed E-state index contributed by atoms with van der Waals surface area (Å²) in [5.41, 5.74) is 1.18. The molecular weight excluding hydrogens is 330 g/mol. The van der Waals surface area contributed by atoms with Crippen LogP contribution in [0.15, 0.2) is 16.6 Å². The molecule has 0 heterocycles. The van der Waals surface area contributed by atoms with Crippen LogP contribution in [0.3, 0.4) is 0 Å². The Hall–Kier alpha value is -0.740. The molecular formula is C17H26BrNO2. The van der Waals surface area contributed by atoms with Gasteiger partial charge in [-0.1, -0.05) is 26.7 Å². The average Bonchev–Trinajstić information content (AvgIpc) is 2.95. The molecule has 1 fully saturated rings. The minimum absolute atomic E-state index is 0.178. The maximum absolute atomic E-state index is 9.93. The van der Waals surface area contributed by atoms with Crippen molar-refractivity contribution in [3.8, 4) is 11.5 Å². The van der Waals surface area contributed by atoms with Crippen LogP contribution < -0.4 is 4.74 Å². The number of ether oxygens (including phenoxy) is 1. The van der Waals surface area contributed by atoms with Crippen LogP contribution in [-0.2, 0) is 6.54 Å². The zero-order valence-corrected chi connectivity index (χ0v) is 14.8. The summed E-state index contributed by atoms with van der Waals surface area (Å²) in [7, 11) is 1.59. The Balaban J connectivity index is 2.17. The van der Waals surface area contributed by atoms with Gasteiger partial charge in [-0.05, 0) is 52.4 Å². The second-order valence-electron chi connectivity index (χ2n) is 6.39. The van der Waals surface area contributed by atoms with Crippen LogP contribution in [0.2, 0.25) is 0 Å². The molecule has 1 aromatic carbocycles. The largest absolute Gasteiger partial charge is 0.503 e. The molecule has 0 atom stereocenters. The minimum atomic E-state index is 0.178.